The van der Waals surface area contributed by atoms with E-state index < -0.39 is 0 Å². The van der Waals surface area contributed by atoms with Gasteiger partial charge < -0.3 is 10.2 Å². The normalized spacial score (nSPS) is 13.3. The van der Waals surface area contributed by atoms with Crippen LogP contribution < -0.4 is 0 Å². The summed E-state index contributed by atoms with van der Waals surface area (Å²) in [5.74, 6) is 1.27. The predicted molar refractivity (Wildman–Crippen MR) is 107 cm³/mol. The number of aromatic hydroxyl groups is 2. The van der Waals surface area contributed by atoms with Gasteiger partial charge in [-0.1, -0.05) is 74.5 Å². The van der Waals surface area contributed by atoms with Crippen molar-refractivity contribution in [2.75, 3.05) is 0 Å². The van der Waals surface area contributed by atoms with Gasteiger partial charge in [-0.15, -0.1) is 0 Å². The highest BCUT2D eigenvalue weighted by Gasteiger charge is 2.12. The summed E-state index contributed by atoms with van der Waals surface area (Å²) in [6, 6.07) is 23.8. The third-order valence-corrected chi connectivity index (χ3v) is 5.04. The molecule has 2 atom stereocenters. The number of para-hydroxylation sites is 2. The molecule has 0 amide bonds. The largest absolute Gasteiger partial charge is 0.508 e. The lowest BCUT2D eigenvalue weighted by atomic mass is 9.90. The molecule has 3 aromatic carbocycles. The Morgan fingerprint density at radius 2 is 0.923 bits per heavy atom. The summed E-state index contributed by atoms with van der Waals surface area (Å²) in [6.45, 7) is 4.28. The fourth-order valence-electron chi connectivity index (χ4n) is 3.55. The van der Waals surface area contributed by atoms with E-state index in [1.807, 2.05) is 36.4 Å². The van der Waals surface area contributed by atoms with Crippen molar-refractivity contribution >= 4 is 0 Å². The van der Waals surface area contributed by atoms with Crippen LogP contribution in [0.25, 0.3) is 0 Å². The molecule has 0 aromatic heterocycles. The van der Waals surface area contributed by atoms with Crippen molar-refractivity contribution < 1.29 is 10.2 Å². The van der Waals surface area contributed by atoms with Crippen molar-refractivity contribution in [1.29, 1.82) is 0 Å². The molecule has 0 bridgehead atoms. The molecular formula is C24H26O2. The quantitative estimate of drug-likeness (QED) is 0.593. The second-order valence-electron chi connectivity index (χ2n) is 7.14. The third kappa shape index (κ3) is 4.26. The van der Waals surface area contributed by atoms with E-state index in [2.05, 4.69) is 38.1 Å². The van der Waals surface area contributed by atoms with Gasteiger partial charge in [0.25, 0.3) is 0 Å². The minimum Gasteiger partial charge on any atom is -0.508 e. The van der Waals surface area contributed by atoms with Gasteiger partial charge in [0.2, 0.25) is 0 Å². The van der Waals surface area contributed by atoms with Crippen LogP contribution in [0.5, 0.6) is 11.5 Å². The Labute approximate surface area is 155 Å². The van der Waals surface area contributed by atoms with Gasteiger partial charge in [-0.3, -0.25) is 0 Å². The number of phenolic OH excluding ortho intramolecular Hbond substituents is 2. The molecule has 2 nitrogen and oxygen atoms in total. The Balaban J connectivity index is 1.65. The molecule has 2 N–H and O–H groups in total. The maximum Gasteiger partial charge on any atom is 0.119 e. The van der Waals surface area contributed by atoms with Crippen LogP contribution in [0.2, 0.25) is 0 Å². The van der Waals surface area contributed by atoms with E-state index in [0.717, 1.165) is 24.0 Å². The highest BCUT2D eigenvalue weighted by molar-refractivity contribution is 5.37. The molecule has 0 fully saturated rings. The average molecular weight is 346 g/mol. The molecular weight excluding hydrogens is 320 g/mol. The van der Waals surface area contributed by atoms with Gasteiger partial charge in [-0.2, -0.15) is 0 Å². The van der Waals surface area contributed by atoms with Crippen molar-refractivity contribution in [3.63, 3.8) is 0 Å². The minimum atomic E-state index is 0.266. The maximum atomic E-state index is 10.0. The van der Waals surface area contributed by atoms with Crippen LogP contribution in [0.3, 0.4) is 0 Å². The third-order valence-electron chi connectivity index (χ3n) is 5.04. The predicted octanol–water partition coefficient (Wildman–Crippen LogP) is 5.79. The van der Waals surface area contributed by atoms with Gasteiger partial charge in [0, 0.05) is 0 Å². The molecule has 26 heavy (non-hydrogen) atoms. The molecule has 0 radical (unpaired) electrons. The van der Waals surface area contributed by atoms with Crippen molar-refractivity contribution in [2.45, 2.75) is 38.5 Å². The number of hydrogen-bond acceptors (Lipinski definition) is 2. The Morgan fingerprint density at radius 3 is 1.27 bits per heavy atom. The van der Waals surface area contributed by atoms with Gasteiger partial charge in [0.05, 0.1) is 0 Å². The van der Waals surface area contributed by atoms with Crippen LogP contribution >= 0.6 is 0 Å². The molecule has 0 spiro atoms. The van der Waals surface area contributed by atoms with Gasteiger partial charge in [0.15, 0.2) is 0 Å². The zero-order valence-electron chi connectivity index (χ0n) is 15.4. The van der Waals surface area contributed by atoms with E-state index in [-0.39, 0.29) is 11.8 Å². The first-order chi connectivity index (χ1) is 12.5. The molecule has 3 rings (SSSR count). The lowest BCUT2D eigenvalue weighted by molar-refractivity contribution is 0.462. The first-order valence-corrected chi connectivity index (χ1v) is 9.18. The number of rotatable bonds is 6. The summed E-state index contributed by atoms with van der Waals surface area (Å²) in [5.41, 5.74) is 4.51. The van der Waals surface area contributed by atoms with E-state index in [1.54, 1.807) is 12.1 Å². The zero-order chi connectivity index (χ0) is 18.5. The van der Waals surface area contributed by atoms with Crippen molar-refractivity contribution in [3.8, 4) is 11.5 Å². The van der Waals surface area contributed by atoms with Crippen molar-refractivity contribution in [2.24, 2.45) is 0 Å². The lowest BCUT2D eigenvalue weighted by Gasteiger charge is -2.15. The summed E-state index contributed by atoms with van der Waals surface area (Å²) >= 11 is 0. The molecule has 0 aliphatic heterocycles. The van der Waals surface area contributed by atoms with E-state index in [0.29, 0.717) is 11.5 Å². The second kappa shape index (κ2) is 8.09. The highest BCUT2D eigenvalue weighted by Crippen LogP contribution is 2.30. The molecule has 0 aliphatic carbocycles. The second-order valence-corrected chi connectivity index (χ2v) is 7.14. The van der Waals surface area contributed by atoms with Gasteiger partial charge >= 0.3 is 0 Å². The van der Waals surface area contributed by atoms with Gasteiger partial charge in [0.1, 0.15) is 11.5 Å². The summed E-state index contributed by atoms with van der Waals surface area (Å²) in [6.07, 6.45) is 1.79. The Bertz CT molecular complexity index is 780. The van der Waals surface area contributed by atoms with Crippen LogP contribution in [-0.4, -0.2) is 10.2 Å². The monoisotopic (exact) mass is 346 g/mol. The zero-order valence-corrected chi connectivity index (χ0v) is 15.4. The molecule has 2 heteroatoms. The molecule has 0 saturated carbocycles. The molecule has 0 aliphatic rings. The highest BCUT2D eigenvalue weighted by atomic mass is 16.3. The Morgan fingerprint density at radius 1 is 0.577 bits per heavy atom. The minimum absolute atomic E-state index is 0.266. The summed E-state index contributed by atoms with van der Waals surface area (Å²) in [7, 11) is 0. The summed E-state index contributed by atoms with van der Waals surface area (Å²) in [5, 5.41) is 20.0. The number of benzene rings is 3. The van der Waals surface area contributed by atoms with E-state index >= 15 is 0 Å². The van der Waals surface area contributed by atoms with Crippen LogP contribution in [0.4, 0.5) is 0 Å². The molecule has 134 valence electrons. The molecule has 0 saturated heterocycles. The average Bonchev–Trinajstić information content (AvgIpc) is 2.64. The first kappa shape index (κ1) is 18.1. The van der Waals surface area contributed by atoms with E-state index in [9.17, 15) is 10.2 Å². The molecule has 0 heterocycles. The standard InChI is InChI=1S/C24H26O2/c1-17(21-7-3-5-9-23(21)25)15-19-11-13-20(14-12-19)16-18(2)22-8-4-6-10-24(22)26/h3-14,17-18,25-26H,15-16H2,1-2H3. The smallest absolute Gasteiger partial charge is 0.119 e. The van der Waals surface area contributed by atoms with Crippen molar-refractivity contribution in [1.82, 2.24) is 0 Å². The van der Waals surface area contributed by atoms with Crippen LogP contribution in [0.15, 0.2) is 72.8 Å². The van der Waals surface area contributed by atoms with Gasteiger partial charge in [-0.05, 0) is 59.1 Å². The van der Waals surface area contributed by atoms with Crippen molar-refractivity contribution in [3.05, 3.63) is 95.1 Å². The van der Waals surface area contributed by atoms with Gasteiger partial charge in [-0.25, -0.2) is 0 Å². The lowest BCUT2D eigenvalue weighted by Crippen LogP contribution is -2.01. The molecule has 2 unspecified atom stereocenters. The van der Waals surface area contributed by atoms with Crippen LogP contribution in [0, 0.1) is 0 Å². The number of hydrogen-bond donors (Lipinski definition) is 2. The van der Waals surface area contributed by atoms with E-state index in [1.165, 1.54) is 11.1 Å². The Kier molecular flexibility index (Phi) is 5.62. The SMILES string of the molecule is CC(Cc1ccc(CC(C)c2ccccc2O)cc1)c1ccccc1O. The fourth-order valence-corrected chi connectivity index (χ4v) is 3.55. The molecule has 3 aromatic rings. The summed E-state index contributed by atoms with van der Waals surface area (Å²) < 4.78 is 0. The van der Waals surface area contributed by atoms with Crippen LogP contribution in [0.1, 0.15) is 47.9 Å². The van der Waals surface area contributed by atoms with E-state index in [4.69, 9.17) is 0 Å². The summed E-state index contributed by atoms with van der Waals surface area (Å²) in [4.78, 5) is 0. The fraction of sp³-hybridized carbons (Fsp3) is 0.250. The van der Waals surface area contributed by atoms with Crippen LogP contribution in [-0.2, 0) is 12.8 Å². The first-order valence-electron chi connectivity index (χ1n) is 9.18. The Hall–Kier alpha value is -2.74. The maximum absolute atomic E-state index is 10.0. The topological polar surface area (TPSA) is 40.5 Å². The number of phenols is 2.